The predicted molar refractivity (Wildman–Crippen MR) is 80.8 cm³/mol. The summed E-state index contributed by atoms with van der Waals surface area (Å²) in [5.74, 6) is -0.836. The Labute approximate surface area is 122 Å². The first kappa shape index (κ1) is 15.8. The van der Waals surface area contributed by atoms with Crippen LogP contribution in [0.15, 0.2) is 0 Å². The molecule has 1 saturated carbocycles. The van der Waals surface area contributed by atoms with Gasteiger partial charge in [-0.05, 0) is 24.7 Å². The van der Waals surface area contributed by atoms with Crippen molar-refractivity contribution in [3.63, 3.8) is 0 Å². The Morgan fingerprint density at radius 1 is 1.25 bits per heavy atom. The molecule has 4 heteroatoms. The Morgan fingerprint density at radius 3 is 2.45 bits per heavy atom. The van der Waals surface area contributed by atoms with Gasteiger partial charge in [0.2, 0.25) is 0 Å². The second-order valence-corrected chi connectivity index (χ2v) is 7.80. The molecule has 4 nitrogen and oxygen atoms in total. The molecule has 2 atom stereocenters. The summed E-state index contributed by atoms with van der Waals surface area (Å²) in [7, 11) is 0. The van der Waals surface area contributed by atoms with Crippen molar-refractivity contribution in [2.75, 3.05) is 19.6 Å². The number of likely N-dealkylation sites (tertiary alicyclic amines) is 1. The Morgan fingerprint density at radius 2 is 1.90 bits per heavy atom. The molecular weight excluding hydrogens is 252 g/mol. The zero-order valence-electron chi connectivity index (χ0n) is 13.2. The van der Waals surface area contributed by atoms with Gasteiger partial charge in [0.05, 0.1) is 5.92 Å². The van der Waals surface area contributed by atoms with Gasteiger partial charge in [-0.25, -0.2) is 0 Å². The number of carbonyl (C=O) groups is 1. The largest absolute Gasteiger partial charge is 0.481 e. The van der Waals surface area contributed by atoms with E-state index in [9.17, 15) is 9.90 Å². The molecule has 2 unspecified atom stereocenters. The second-order valence-electron chi connectivity index (χ2n) is 7.80. The Kier molecular flexibility index (Phi) is 5.08. The molecule has 1 aliphatic carbocycles. The summed E-state index contributed by atoms with van der Waals surface area (Å²) < 4.78 is 0. The highest BCUT2D eigenvalue weighted by atomic mass is 16.4. The smallest absolute Gasteiger partial charge is 0.307 e. The summed E-state index contributed by atoms with van der Waals surface area (Å²) in [5, 5.41) is 13.0. The molecule has 0 aromatic heterocycles. The molecule has 0 radical (unpaired) electrons. The summed E-state index contributed by atoms with van der Waals surface area (Å²) in [6, 6.07) is 0.945. The van der Waals surface area contributed by atoms with E-state index in [4.69, 9.17) is 0 Å². The lowest BCUT2D eigenvalue weighted by molar-refractivity contribution is -0.144. The molecule has 2 fully saturated rings. The molecule has 0 spiro atoms. The fourth-order valence-electron chi connectivity index (χ4n) is 3.48. The van der Waals surface area contributed by atoms with Gasteiger partial charge >= 0.3 is 5.97 Å². The molecule has 0 bridgehead atoms. The van der Waals surface area contributed by atoms with Crippen LogP contribution in [0.2, 0.25) is 0 Å². The topological polar surface area (TPSA) is 52.6 Å². The standard InChI is InChI=1S/C16H30N2O2/c1-16(2,3)11-17-13-8-12(15(19)20)9-18(10-13)14-6-4-5-7-14/h12-14,17H,4-11H2,1-3H3,(H,19,20). The second kappa shape index (κ2) is 6.44. The monoisotopic (exact) mass is 282 g/mol. The van der Waals surface area contributed by atoms with Gasteiger partial charge in [0.25, 0.3) is 0 Å². The van der Waals surface area contributed by atoms with E-state index in [1.54, 1.807) is 0 Å². The van der Waals surface area contributed by atoms with Crippen LogP contribution in [0.3, 0.4) is 0 Å². The summed E-state index contributed by atoms with van der Waals surface area (Å²) >= 11 is 0. The predicted octanol–water partition coefficient (Wildman–Crippen LogP) is 2.34. The number of carboxylic acid groups (broad SMARTS) is 1. The van der Waals surface area contributed by atoms with Crippen molar-refractivity contribution in [3.05, 3.63) is 0 Å². The zero-order chi connectivity index (χ0) is 14.8. The molecule has 116 valence electrons. The van der Waals surface area contributed by atoms with Gasteiger partial charge in [-0.2, -0.15) is 0 Å². The van der Waals surface area contributed by atoms with E-state index in [1.165, 1.54) is 25.7 Å². The summed E-state index contributed by atoms with van der Waals surface area (Å²) in [6.45, 7) is 9.35. The van der Waals surface area contributed by atoms with Crippen LogP contribution in [0.5, 0.6) is 0 Å². The van der Waals surface area contributed by atoms with E-state index in [0.29, 0.717) is 12.1 Å². The van der Waals surface area contributed by atoms with Gasteiger partial charge in [-0.15, -0.1) is 0 Å². The minimum Gasteiger partial charge on any atom is -0.481 e. The first-order chi connectivity index (χ1) is 9.35. The molecule has 0 aromatic rings. The third-order valence-electron chi connectivity index (χ3n) is 4.59. The first-order valence-electron chi connectivity index (χ1n) is 8.05. The van der Waals surface area contributed by atoms with Gasteiger partial charge in [0.15, 0.2) is 0 Å². The quantitative estimate of drug-likeness (QED) is 0.831. The maximum atomic E-state index is 11.4. The number of rotatable bonds is 4. The van der Waals surface area contributed by atoms with Crippen molar-refractivity contribution in [1.82, 2.24) is 10.2 Å². The maximum absolute atomic E-state index is 11.4. The van der Waals surface area contributed by atoms with Gasteiger partial charge in [-0.3, -0.25) is 9.69 Å². The van der Waals surface area contributed by atoms with Crippen molar-refractivity contribution in [3.8, 4) is 0 Å². The summed E-state index contributed by atoms with van der Waals surface area (Å²) in [6.07, 6.45) is 5.88. The first-order valence-corrected chi connectivity index (χ1v) is 8.05. The molecule has 1 heterocycles. The molecule has 2 rings (SSSR count). The lowest BCUT2D eigenvalue weighted by atomic mass is 9.91. The van der Waals surface area contributed by atoms with E-state index in [1.807, 2.05) is 0 Å². The number of nitrogens with one attached hydrogen (secondary N) is 1. The highest BCUT2D eigenvalue weighted by Gasteiger charge is 2.35. The number of hydrogen-bond acceptors (Lipinski definition) is 3. The molecule has 0 aromatic carbocycles. The normalized spacial score (nSPS) is 29.8. The number of nitrogens with zero attached hydrogens (tertiary/aromatic N) is 1. The van der Waals surface area contributed by atoms with Crippen LogP contribution in [-0.4, -0.2) is 47.7 Å². The average molecular weight is 282 g/mol. The number of piperidine rings is 1. The van der Waals surface area contributed by atoms with Crippen molar-refractivity contribution in [2.45, 2.75) is 65.0 Å². The van der Waals surface area contributed by atoms with Crippen molar-refractivity contribution < 1.29 is 9.90 Å². The van der Waals surface area contributed by atoms with Gasteiger partial charge in [0, 0.05) is 31.7 Å². The lowest BCUT2D eigenvalue weighted by Crippen LogP contribution is -2.54. The Bertz CT molecular complexity index is 332. The molecule has 2 N–H and O–H groups in total. The summed E-state index contributed by atoms with van der Waals surface area (Å²) in [5.41, 5.74) is 0.244. The fourth-order valence-corrected chi connectivity index (χ4v) is 3.48. The third kappa shape index (κ3) is 4.45. The lowest BCUT2D eigenvalue weighted by Gasteiger charge is -2.40. The third-order valence-corrected chi connectivity index (χ3v) is 4.59. The van der Waals surface area contributed by atoms with Crippen molar-refractivity contribution in [2.24, 2.45) is 11.3 Å². The maximum Gasteiger partial charge on any atom is 0.307 e. The van der Waals surface area contributed by atoms with Crippen LogP contribution >= 0.6 is 0 Å². The Balaban J connectivity index is 1.95. The highest BCUT2D eigenvalue weighted by molar-refractivity contribution is 5.70. The fraction of sp³-hybridized carbons (Fsp3) is 0.938. The minimum absolute atomic E-state index is 0.207. The van der Waals surface area contributed by atoms with E-state index in [2.05, 4.69) is 31.0 Å². The van der Waals surface area contributed by atoms with E-state index < -0.39 is 5.97 Å². The molecular formula is C16H30N2O2. The molecule has 1 saturated heterocycles. The molecule has 0 amide bonds. The number of aliphatic carboxylic acids is 1. The van der Waals surface area contributed by atoms with Gasteiger partial charge < -0.3 is 10.4 Å². The van der Waals surface area contributed by atoms with Crippen LogP contribution in [0.25, 0.3) is 0 Å². The van der Waals surface area contributed by atoms with Crippen LogP contribution in [-0.2, 0) is 4.79 Å². The van der Waals surface area contributed by atoms with Crippen molar-refractivity contribution in [1.29, 1.82) is 0 Å². The zero-order valence-corrected chi connectivity index (χ0v) is 13.2. The Hall–Kier alpha value is -0.610. The van der Waals surface area contributed by atoms with E-state index >= 15 is 0 Å². The molecule has 2 aliphatic rings. The average Bonchev–Trinajstić information content (AvgIpc) is 2.89. The van der Waals surface area contributed by atoms with Crippen LogP contribution in [0.1, 0.15) is 52.9 Å². The van der Waals surface area contributed by atoms with Crippen molar-refractivity contribution >= 4 is 5.97 Å². The SMILES string of the molecule is CC(C)(C)CNC1CC(C(=O)O)CN(C2CCCC2)C1. The van der Waals surface area contributed by atoms with Gasteiger partial charge in [0.1, 0.15) is 0 Å². The van der Waals surface area contributed by atoms with Gasteiger partial charge in [-0.1, -0.05) is 33.6 Å². The van der Waals surface area contributed by atoms with Crippen LogP contribution in [0, 0.1) is 11.3 Å². The van der Waals surface area contributed by atoms with E-state index in [0.717, 1.165) is 26.1 Å². The molecule has 20 heavy (non-hydrogen) atoms. The number of hydrogen-bond donors (Lipinski definition) is 2. The number of carboxylic acids is 1. The highest BCUT2D eigenvalue weighted by Crippen LogP contribution is 2.28. The minimum atomic E-state index is -0.629. The van der Waals surface area contributed by atoms with E-state index in [-0.39, 0.29) is 11.3 Å². The van der Waals surface area contributed by atoms with Crippen LogP contribution < -0.4 is 5.32 Å². The summed E-state index contributed by atoms with van der Waals surface area (Å²) in [4.78, 5) is 13.8. The van der Waals surface area contributed by atoms with Crippen LogP contribution in [0.4, 0.5) is 0 Å². The molecule has 1 aliphatic heterocycles.